The number of aryl methyl sites for hydroxylation is 1. The number of benzene rings is 1. The molecule has 1 aromatic rings. The summed E-state index contributed by atoms with van der Waals surface area (Å²) >= 11 is 0. The van der Waals surface area contributed by atoms with Crippen LogP contribution in [0.25, 0.3) is 0 Å². The van der Waals surface area contributed by atoms with Crippen molar-refractivity contribution < 1.29 is 9.90 Å². The van der Waals surface area contributed by atoms with Gasteiger partial charge in [0.2, 0.25) is 0 Å². The lowest BCUT2D eigenvalue weighted by atomic mass is 9.83. The highest BCUT2D eigenvalue weighted by atomic mass is 16.3. The molecule has 1 aromatic carbocycles. The van der Waals surface area contributed by atoms with E-state index in [0.29, 0.717) is 18.0 Å². The summed E-state index contributed by atoms with van der Waals surface area (Å²) in [5.74, 6) is 0.584. The van der Waals surface area contributed by atoms with Crippen LogP contribution in [-0.4, -0.2) is 23.6 Å². The highest BCUT2D eigenvalue weighted by Crippen LogP contribution is 2.26. The summed E-state index contributed by atoms with van der Waals surface area (Å²) < 4.78 is 0. The molecule has 0 spiro atoms. The minimum atomic E-state index is -0.0940. The minimum Gasteiger partial charge on any atom is -0.508 e. The third-order valence-electron chi connectivity index (χ3n) is 4.24. The second-order valence-corrected chi connectivity index (χ2v) is 5.71. The van der Waals surface area contributed by atoms with Crippen LogP contribution in [0.5, 0.6) is 5.75 Å². The number of rotatable bonds is 4. The van der Waals surface area contributed by atoms with Crippen LogP contribution < -0.4 is 11.1 Å². The monoisotopic (exact) mass is 276 g/mol. The molecule has 1 fully saturated rings. The number of nitrogens with one attached hydrogen (secondary N) is 1. The molecule has 1 amide bonds. The molecule has 0 heterocycles. The van der Waals surface area contributed by atoms with Gasteiger partial charge in [-0.2, -0.15) is 0 Å². The van der Waals surface area contributed by atoms with Gasteiger partial charge in [-0.3, -0.25) is 4.79 Å². The van der Waals surface area contributed by atoms with Gasteiger partial charge >= 0.3 is 0 Å². The quantitative estimate of drug-likeness (QED) is 0.790. The number of amides is 1. The third kappa shape index (κ3) is 3.51. The Morgan fingerprint density at radius 1 is 1.40 bits per heavy atom. The first-order chi connectivity index (χ1) is 9.61. The summed E-state index contributed by atoms with van der Waals surface area (Å²) in [6.45, 7) is 2.31. The van der Waals surface area contributed by atoms with E-state index in [1.165, 1.54) is 19.3 Å². The van der Waals surface area contributed by atoms with E-state index in [-0.39, 0.29) is 17.7 Å². The number of hydrogen-bond acceptors (Lipinski definition) is 3. The number of phenols is 1. The van der Waals surface area contributed by atoms with Crippen LogP contribution in [-0.2, 0) is 0 Å². The summed E-state index contributed by atoms with van der Waals surface area (Å²) in [7, 11) is 0. The Bertz CT molecular complexity index is 468. The smallest absolute Gasteiger partial charge is 0.251 e. The Labute approximate surface area is 120 Å². The maximum absolute atomic E-state index is 12.3. The molecular formula is C16H24N2O2. The largest absolute Gasteiger partial charge is 0.508 e. The minimum absolute atomic E-state index is 0.0519. The van der Waals surface area contributed by atoms with Crippen molar-refractivity contribution in [1.82, 2.24) is 5.32 Å². The summed E-state index contributed by atoms with van der Waals surface area (Å²) in [5, 5.41) is 12.5. The Hall–Kier alpha value is -1.55. The van der Waals surface area contributed by atoms with Crippen LogP contribution in [0.1, 0.15) is 48.0 Å². The highest BCUT2D eigenvalue weighted by Gasteiger charge is 2.24. The fourth-order valence-electron chi connectivity index (χ4n) is 3.05. The molecule has 0 aliphatic heterocycles. The van der Waals surface area contributed by atoms with Gasteiger partial charge in [-0.05, 0) is 49.4 Å². The van der Waals surface area contributed by atoms with Gasteiger partial charge in [0.1, 0.15) is 5.75 Å². The molecule has 0 saturated heterocycles. The third-order valence-corrected chi connectivity index (χ3v) is 4.24. The molecular weight excluding hydrogens is 252 g/mol. The maximum atomic E-state index is 12.3. The normalized spacial score (nSPS) is 17.7. The summed E-state index contributed by atoms with van der Waals surface area (Å²) in [6, 6.07) is 4.86. The van der Waals surface area contributed by atoms with Crippen LogP contribution in [0.2, 0.25) is 0 Å². The molecule has 1 aliphatic rings. The number of nitrogens with two attached hydrogens (primary N) is 1. The first kappa shape index (κ1) is 14.9. The molecule has 0 bridgehead atoms. The Balaban J connectivity index is 2.04. The average molecular weight is 276 g/mol. The first-order valence-electron chi connectivity index (χ1n) is 7.42. The molecule has 4 N–H and O–H groups in total. The lowest BCUT2D eigenvalue weighted by Crippen LogP contribution is -2.46. The van der Waals surface area contributed by atoms with E-state index in [0.717, 1.165) is 18.4 Å². The van der Waals surface area contributed by atoms with Gasteiger partial charge in [0.25, 0.3) is 5.91 Å². The average Bonchev–Trinajstić information content (AvgIpc) is 2.45. The molecule has 0 radical (unpaired) electrons. The predicted octanol–water partition coefficient (Wildman–Crippen LogP) is 2.34. The molecule has 1 unspecified atom stereocenters. The van der Waals surface area contributed by atoms with E-state index >= 15 is 0 Å². The topological polar surface area (TPSA) is 75.3 Å². The zero-order valence-electron chi connectivity index (χ0n) is 12.1. The number of aromatic hydroxyl groups is 1. The van der Waals surface area contributed by atoms with Crippen molar-refractivity contribution in [2.45, 2.75) is 45.1 Å². The van der Waals surface area contributed by atoms with Crippen LogP contribution in [0, 0.1) is 12.8 Å². The fourth-order valence-corrected chi connectivity index (χ4v) is 3.05. The van der Waals surface area contributed by atoms with Crippen molar-refractivity contribution in [3.8, 4) is 5.75 Å². The molecule has 0 aromatic heterocycles. The van der Waals surface area contributed by atoms with E-state index in [2.05, 4.69) is 5.32 Å². The Morgan fingerprint density at radius 3 is 2.70 bits per heavy atom. The van der Waals surface area contributed by atoms with Gasteiger partial charge in [-0.15, -0.1) is 0 Å². The summed E-state index contributed by atoms with van der Waals surface area (Å²) in [6.07, 6.45) is 6.05. The van der Waals surface area contributed by atoms with Crippen molar-refractivity contribution in [3.05, 3.63) is 29.3 Å². The van der Waals surface area contributed by atoms with E-state index in [1.807, 2.05) is 6.92 Å². The van der Waals surface area contributed by atoms with E-state index < -0.39 is 0 Å². The Morgan fingerprint density at radius 2 is 2.10 bits per heavy atom. The van der Waals surface area contributed by atoms with Gasteiger partial charge in [-0.1, -0.05) is 19.3 Å². The molecule has 20 heavy (non-hydrogen) atoms. The second kappa shape index (κ2) is 6.75. The van der Waals surface area contributed by atoms with Crippen molar-refractivity contribution in [1.29, 1.82) is 0 Å². The number of carbonyl (C=O) groups excluding carboxylic acids is 1. The van der Waals surface area contributed by atoms with Gasteiger partial charge in [0.05, 0.1) is 0 Å². The SMILES string of the molecule is Cc1cc(O)ccc1C(=O)NC(CN)C1CCCCC1. The summed E-state index contributed by atoms with van der Waals surface area (Å²) in [5.41, 5.74) is 7.23. The first-order valence-corrected chi connectivity index (χ1v) is 7.42. The lowest BCUT2D eigenvalue weighted by molar-refractivity contribution is 0.0915. The number of phenolic OH excluding ortho intramolecular Hbond substituents is 1. The van der Waals surface area contributed by atoms with E-state index in [4.69, 9.17) is 5.73 Å². The van der Waals surface area contributed by atoms with Crippen LogP contribution in [0.3, 0.4) is 0 Å². The van der Waals surface area contributed by atoms with Gasteiger partial charge in [-0.25, -0.2) is 0 Å². The zero-order valence-corrected chi connectivity index (χ0v) is 12.1. The van der Waals surface area contributed by atoms with Crippen LogP contribution >= 0.6 is 0 Å². The molecule has 4 nitrogen and oxygen atoms in total. The zero-order chi connectivity index (χ0) is 14.5. The lowest BCUT2D eigenvalue weighted by Gasteiger charge is -2.30. The fraction of sp³-hybridized carbons (Fsp3) is 0.562. The molecule has 2 rings (SSSR count). The van der Waals surface area contributed by atoms with Crippen molar-refractivity contribution in [2.75, 3.05) is 6.54 Å². The molecule has 1 aliphatic carbocycles. The predicted molar refractivity (Wildman–Crippen MR) is 79.7 cm³/mol. The van der Waals surface area contributed by atoms with Gasteiger partial charge < -0.3 is 16.2 Å². The number of hydrogen-bond donors (Lipinski definition) is 3. The molecule has 1 saturated carbocycles. The highest BCUT2D eigenvalue weighted by molar-refractivity contribution is 5.96. The van der Waals surface area contributed by atoms with Gasteiger partial charge in [0, 0.05) is 18.2 Å². The van der Waals surface area contributed by atoms with Crippen LogP contribution in [0.4, 0.5) is 0 Å². The van der Waals surface area contributed by atoms with Crippen LogP contribution in [0.15, 0.2) is 18.2 Å². The standard InChI is InChI=1S/C16H24N2O2/c1-11-9-13(19)7-8-14(11)16(20)18-15(10-17)12-5-3-2-4-6-12/h7-9,12,15,19H,2-6,10,17H2,1H3,(H,18,20). The number of carbonyl (C=O) groups is 1. The molecule has 110 valence electrons. The van der Waals surface area contributed by atoms with Crippen molar-refractivity contribution in [3.63, 3.8) is 0 Å². The van der Waals surface area contributed by atoms with E-state index in [1.54, 1.807) is 18.2 Å². The van der Waals surface area contributed by atoms with E-state index in [9.17, 15) is 9.90 Å². The summed E-state index contributed by atoms with van der Waals surface area (Å²) in [4.78, 5) is 12.3. The molecule has 4 heteroatoms. The Kier molecular flexibility index (Phi) is 5.01. The van der Waals surface area contributed by atoms with Crippen molar-refractivity contribution in [2.24, 2.45) is 11.7 Å². The van der Waals surface area contributed by atoms with Crippen molar-refractivity contribution >= 4 is 5.91 Å². The maximum Gasteiger partial charge on any atom is 0.251 e. The van der Waals surface area contributed by atoms with Gasteiger partial charge in [0.15, 0.2) is 0 Å². The molecule has 1 atom stereocenters. The second-order valence-electron chi connectivity index (χ2n) is 5.71.